The third-order valence-electron chi connectivity index (χ3n) is 3.12. The van der Waals surface area contributed by atoms with Crippen LogP contribution in [0.3, 0.4) is 0 Å². The number of esters is 1. The molecule has 0 aromatic carbocycles. The fraction of sp³-hybridized carbons (Fsp3) is 0.385. The average molecular weight is 261 g/mol. The predicted octanol–water partition coefficient (Wildman–Crippen LogP) is 1.06. The lowest BCUT2D eigenvalue weighted by Gasteiger charge is -2.28. The predicted molar refractivity (Wildman–Crippen MR) is 67.9 cm³/mol. The Morgan fingerprint density at radius 2 is 2.11 bits per heavy atom. The number of hydrogen-bond acceptors (Lipinski definition) is 5. The van der Waals surface area contributed by atoms with Crippen molar-refractivity contribution in [1.29, 1.82) is 5.41 Å². The van der Waals surface area contributed by atoms with E-state index in [0.717, 1.165) is 0 Å². The van der Waals surface area contributed by atoms with Gasteiger partial charge in [0.25, 0.3) is 5.91 Å². The molecule has 1 amide bonds. The highest BCUT2D eigenvalue weighted by atomic mass is 16.5. The molecule has 1 atom stereocenters. The van der Waals surface area contributed by atoms with Gasteiger partial charge in [0.1, 0.15) is 11.9 Å². The van der Waals surface area contributed by atoms with Crippen molar-refractivity contribution in [3.63, 3.8) is 0 Å². The molecule has 0 fully saturated rings. The van der Waals surface area contributed by atoms with Crippen LogP contribution in [-0.2, 0) is 9.53 Å². The minimum atomic E-state index is -0.794. The molecule has 0 spiro atoms. The molecular weight excluding hydrogens is 246 g/mol. The van der Waals surface area contributed by atoms with Crippen LogP contribution in [0.1, 0.15) is 29.8 Å². The number of amides is 1. The smallest absolute Gasteiger partial charge is 0.329 e. The van der Waals surface area contributed by atoms with E-state index in [9.17, 15) is 9.59 Å². The van der Waals surface area contributed by atoms with Crippen molar-refractivity contribution in [2.24, 2.45) is 5.92 Å². The summed E-state index contributed by atoms with van der Waals surface area (Å²) in [5.41, 5.74) is 0.844. The van der Waals surface area contributed by atoms with Crippen molar-refractivity contribution >= 4 is 17.7 Å². The highest BCUT2D eigenvalue weighted by molar-refractivity contribution is 6.23. The molecular formula is C13H15N3O3. The van der Waals surface area contributed by atoms with Crippen molar-refractivity contribution in [1.82, 2.24) is 9.88 Å². The average Bonchev–Trinajstić information content (AvgIpc) is 2.64. The van der Waals surface area contributed by atoms with E-state index >= 15 is 0 Å². The van der Waals surface area contributed by atoms with Crippen LogP contribution >= 0.6 is 0 Å². The van der Waals surface area contributed by atoms with E-state index in [0.29, 0.717) is 11.1 Å². The number of rotatable bonds is 3. The summed E-state index contributed by atoms with van der Waals surface area (Å²) in [5.74, 6) is -1.03. The molecule has 0 unspecified atom stereocenters. The van der Waals surface area contributed by atoms with E-state index in [1.807, 2.05) is 13.8 Å². The molecule has 1 aliphatic heterocycles. The molecule has 0 aliphatic carbocycles. The minimum Gasteiger partial charge on any atom is -0.467 e. The topological polar surface area (TPSA) is 83.3 Å². The van der Waals surface area contributed by atoms with Crippen molar-refractivity contribution < 1.29 is 14.3 Å². The second-order valence-electron chi connectivity index (χ2n) is 4.66. The molecule has 0 saturated heterocycles. The third-order valence-corrected chi connectivity index (χ3v) is 3.12. The lowest BCUT2D eigenvalue weighted by molar-refractivity contribution is -0.146. The molecule has 1 aromatic heterocycles. The number of hydrogen-bond donors (Lipinski definition) is 1. The number of carbonyl (C=O) groups excluding carboxylic acids is 2. The van der Waals surface area contributed by atoms with Crippen molar-refractivity contribution in [2.75, 3.05) is 7.11 Å². The molecule has 0 saturated carbocycles. The Kier molecular flexibility index (Phi) is 3.33. The zero-order valence-electron chi connectivity index (χ0n) is 11.0. The first-order valence-corrected chi connectivity index (χ1v) is 5.93. The van der Waals surface area contributed by atoms with E-state index < -0.39 is 12.0 Å². The van der Waals surface area contributed by atoms with Gasteiger partial charge in [0.2, 0.25) is 0 Å². The van der Waals surface area contributed by atoms with Crippen LogP contribution in [0.5, 0.6) is 0 Å². The molecule has 6 nitrogen and oxygen atoms in total. The molecule has 2 rings (SSSR count). The molecule has 1 aromatic rings. The zero-order valence-corrected chi connectivity index (χ0v) is 11.0. The minimum absolute atomic E-state index is 0.0199. The van der Waals surface area contributed by atoms with Crippen LogP contribution in [0.2, 0.25) is 0 Å². The Morgan fingerprint density at radius 1 is 1.42 bits per heavy atom. The van der Waals surface area contributed by atoms with Gasteiger partial charge in [-0.3, -0.25) is 20.1 Å². The fourth-order valence-corrected chi connectivity index (χ4v) is 2.19. The standard InChI is InChI=1S/C13H15N3O3/c1-7(2)10(13(18)19-3)16-11(14)8-4-5-15-6-9(8)12(16)17/h4-7,10,14H,1-3H3/t10-/m0/s1. The SMILES string of the molecule is COC(=O)[C@H](C(C)C)N1C(=N)c2ccncc2C1=O. The maximum atomic E-state index is 12.3. The van der Waals surface area contributed by atoms with Crippen LogP contribution in [0.4, 0.5) is 0 Å². The number of pyridine rings is 1. The Morgan fingerprint density at radius 3 is 2.63 bits per heavy atom. The summed E-state index contributed by atoms with van der Waals surface area (Å²) in [5, 5.41) is 8.08. The first kappa shape index (κ1) is 13.2. The summed E-state index contributed by atoms with van der Waals surface area (Å²) in [6, 6.07) is 0.807. The fourth-order valence-electron chi connectivity index (χ4n) is 2.19. The van der Waals surface area contributed by atoms with Gasteiger partial charge in [0, 0.05) is 18.0 Å². The third kappa shape index (κ3) is 1.99. The zero-order chi connectivity index (χ0) is 14.2. The van der Waals surface area contributed by atoms with Gasteiger partial charge in [-0.15, -0.1) is 0 Å². The van der Waals surface area contributed by atoms with Crippen LogP contribution in [0.25, 0.3) is 0 Å². The second kappa shape index (κ2) is 4.79. The van der Waals surface area contributed by atoms with Crippen molar-refractivity contribution in [2.45, 2.75) is 19.9 Å². The molecule has 19 heavy (non-hydrogen) atoms. The van der Waals surface area contributed by atoms with Gasteiger partial charge in [0.15, 0.2) is 0 Å². The van der Waals surface area contributed by atoms with Crippen LogP contribution in [-0.4, -0.2) is 40.7 Å². The second-order valence-corrected chi connectivity index (χ2v) is 4.66. The number of nitrogens with zero attached hydrogens (tertiary/aromatic N) is 2. The van der Waals surface area contributed by atoms with E-state index in [2.05, 4.69) is 4.98 Å². The summed E-state index contributed by atoms with van der Waals surface area (Å²) in [6.07, 6.45) is 2.94. The summed E-state index contributed by atoms with van der Waals surface area (Å²) in [6.45, 7) is 3.62. The van der Waals surface area contributed by atoms with Gasteiger partial charge in [-0.25, -0.2) is 4.79 Å². The highest BCUT2D eigenvalue weighted by Crippen LogP contribution is 2.26. The van der Waals surface area contributed by atoms with Gasteiger partial charge in [0.05, 0.1) is 12.7 Å². The number of aromatic nitrogens is 1. The maximum Gasteiger partial charge on any atom is 0.329 e. The van der Waals surface area contributed by atoms with E-state index in [-0.39, 0.29) is 17.7 Å². The van der Waals surface area contributed by atoms with Gasteiger partial charge in [-0.05, 0) is 12.0 Å². The van der Waals surface area contributed by atoms with Gasteiger partial charge >= 0.3 is 5.97 Å². The molecule has 1 aliphatic rings. The summed E-state index contributed by atoms with van der Waals surface area (Å²) in [7, 11) is 1.27. The van der Waals surface area contributed by atoms with Crippen molar-refractivity contribution in [3.05, 3.63) is 29.6 Å². The Labute approximate surface area is 110 Å². The van der Waals surface area contributed by atoms with E-state index in [4.69, 9.17) is 10.1 Å². The molecule has 6 heteroatoms. The highest BCUT2D eigenvalue weighted by Gasteiger charge is 2.42. The maximum absolute atomic E-state index is 12.3. The normalized spacial score (nSPS) is 15.7. The number of amidine groups is 1. The molecule has 0 radical (unpaired) electrons. The van der Waals surface area contributed by atoms with Crippen LogP contribution < -0.4 is 0 Å². The quantitative estimate of drug-likeness (QED) is 0.825. The van der Waals surface area contributed by atoms with Gasteiger partial charge < -0.3 is 4.74 Å². The monoisotopic (exact) mass is 261 g/mol. The van der Waals surface area contributed by atoms with Gasteiger partial charge in [-0.2, -0.15) is 0 Å². The summed E-state index contributed by atoms with van der Waals surface area (Å²) < 4.78 is 4.74. The Bertz CT molecular complexity index is 519. The molecule has 100 valence electrons. The molecule has 2 heterocycles. The lowest BCUT2D eigenvalue weighted by Crippen LogP contribution is -2.48. The molecule has 0 bridgehead atoms. The number of fused-ring (bicyclic) bond motifs is 1. The Balaban J connectivity index is 2.45. The number of methoxy groups -OCH3 is 1. The van der Waals surface area contributed by atoms with Gasteiger partial charge in [-0.1, -0.05) is 13.8 Å². The summed E-state index contributed by atoms with van der Waals surface area (Å²) in [4.78, 5) is 29.2. The number of nitrogens with one attached hydrogen (secondary N) is 1. The summed E-state index contributed by atoms with van der Waals surface area (Å²) >= 11 is 0. The van der Waals surface area contributed by atoms with Crippen molar-refractivity contribution in [3.8, 4) is 0 Å². The van der Waals surface area contributed by atoms with E-state index in [1.54, 1.807) is 6.07 Å². The number of carbonyl (C=O) groups is 2. The molecule has 1 N–H and O–H groups in total. The van der Waals surface area contributed by atoms with Crippen LogP contribution in [0.15, 0.2) is 18.5 Å². The Hall–Kier alpha value is -2.24. The van der Waals surface area contributed by atoms with E-state index in [1.165, 1.54) is 24.4 Å². The first-order chi connectivity index (χ1) is 8.99. The number of ether oxygens (including phenoxy) is 1. The first-order valence-electron chi connectivity index (χ1n) is 5.93. The lowest BCUT2D eigenvalue weighted by atomic mass is 10.0. The van der Waals surface area contributed by atoms with Crippen LogP contribution in [0, 0.1) is 11.3 Å². The largest absolute Gasteiger partial charge is 0.467 e.